The van der Waals surface area contributed by atoms with E-state index in [4.69, 9.17) is 4.74 Å². The summed E-state index contributed by atoms with van der Waals surface area (Å²) in [6.45, 7) is 2.40. The van der Waals surface area contributed by atoms with Gasteiger partial charge in [0.25, 0.3) is 0 Å². The van der Waals surface area contributed by atoms with Crippen molar-refractivity contribution < 1.29 is 17.9 Å². The molecule has 1 heterocycles. The summed E-state index contributed by atoms with van der Waals surface area (Å²) in [5.74, 6) is 0.707. The summed E-state index contributed by atoms with van der Waals surface area (Å²) < 4.78 is 41.2. The van der Waals surface area contributed by atoms with E-state index in [-0.39, 0.29) is 19.0 Å². The standard InChI is InChI=1S/C11H18F3N5O/c1-4-15-8-16-9(19(2)3)18-10(17-8)20-7-5-6-11(12,13)14/h4-7H2,1-3H3,(H,15,16,17,18). The van der Waals surface area contributed by atoms with Crippen LogP contribution in [0.1, 0.15) is 19.8 Å². The van der Waals surface area contributed by atoms with Crippen molar-refractivity contribution in [2.45, 2.75) is 25.9 Å². The Morgan fingerprint density at radius 3 is 2.45 bits per heavy atom. The van der Waals surface area contributed by atoms with Gasteiger partial charge in [-0.2, -0.15) is 28.1 Å². The number of nitrogens with zero attached hydrogens (tertiary/aromatic N) is 4. The topological polar surface area (TPSA) is 63.2 Å². The minimum atomic E-state index is -4.17. The van der Waals surface area contributed by atoms with Gasteiger partial charge in [0.2, 0.25) is 11.9 Å². The zero-order valence-corrected chi connectivity index (χ0v) is 11.7. The third-order valence-electron chi connectivity index (χ3n) is 2.17. The van der Waals surface area contributed by atoms with Crippen molar-refractivity contribution in [2.75, 3.05) is 37.5 Å². The largest absolute Gasteiger partial charge is 0.463 e. The van der Waals surface area contributed by atoms with E-state index in [2.05, 4.69) is 20.3 Å². The molecule has 9 heteroatoms. The van der Waals surface area contributed by atoms with Gasteiger partial charge in [0.15, 0.2) is 0 Å². The summed E-state index contributed by atoms with van der Waals surface area (Å²) in [5, 5.41) is 2.91. The highest BCUT2D eigenvalue weighted by atomic mass is 19.4. The molecule has 0 unspecified atom stereocenters. The summed E-state index contributed by atoms with van der Waals surface area (Å²) in [7, 11) is 3.50. The van der Waals surface area contributed by atoms with Crippen molar-refractivity contribution in [3.8, 4) is 6.01 Å². The van der Waals surface area contributed by atoms with Crippen LogP contribution in [0.15, 0.2) is 0 Å². The summed E-state index contributed by atoms with van der Waals surface area (Å²) in [5.41, 5.74) is 0. The van der Waals surface area contributed by atoms with Crippen LogP contribution in [-0.4, -0.2) is 48.4 Å². The Bertz CT molecular complexity index is 425. The SMILES string of the molecule is CCNc1nc(OCCCC(F)(F)F)nc(N(C)C)n1. The molecule has 0 amide bonds. The fourth-order valence-corrected chi connectivity index (χ4v) is 1.28. The Morgan fingerprint density at radius 1 is 1.20 bits per heavy atom. The molecule has 1 aromatic rings. The van der Waals surface area contributed by atoms with Crippen molar-refractivity contribution >= 4 is 11.9 Å². The molecule has 0 aliphatic heterocycles. The van der Waals surface area contributed by atoms with Crippen molar-refractivity contribution in [3.05, 3.63) is 0 Å². The molecule has 0 aliphatic rings. The molecule has 6 nitrogen and oxygen atoms in total. The van der Waals surface area contributed by atoms with Crippen LogP contribution in [0.25, 0.3) is 0 Å². The average Bonchev–Trinajstić information content (AvgIpc) is 2.33. The molecule has 0 atom stereocenters. The lowest BCUT2D eigenvalue weighted by atomic mass is 10.3. The number of hydrogen-bond donors (Lipinski definition) is 1. The fourth-order valence-electron chi connectivity index (χ4n) is 1.28. The van der Waals surface area contributed by atoms with Gasteiger partial charge in [-0.1, -0.05) is 0 Å². The first kappa shape index (κ1) is 16.3. The van der Waals surface area contributed by atoms with E-state index in [1.165, 1.54) is 0 Å². The van der Waals surface area contributed by atoms with E-state index in [0.717, 1.165) is 0 Å². The lowest BCUT2D eigenvalue weighted by Gasteiger charge is -2.13. The molecule has 1 rings (SSSR count). The zero-order chi connectivity index (χ0) is 15.2. The van der Waals surface area contributed by atoms with Gasteiger partial charge in [-0.3, -0.25) is 0 Å². The lowest BCUT2D eigenvalue weighted by Crippen LogP contribution is -2.17. The van der Waals surface area contributed by atoms with Gasteiger partial charge < -0.3 is 15.0 Å². The Labute approximate surface area is 115 Å². The summed E-state index contributed by atoms with van der Waals surface area (Å²) in [6, 6.07) is 0.0156. The molecular formula is C11H18F3N5O. The molecule has 0 saturated carbocycles. The number of alkyl halides is 3. The zero-order valence-electron chi connectivity index (χ0n) is 11.7. The highest BCUT2D eigenvalue weighted by Gasteiger charge is 2.26. The molecular weight excluding hydrogens is 275 g/mol. The van der Waals surface area contributed by atoms with Crippen LogP contribution in [0.3, 0.4) is 0 Å². The lowest BCUT2D eigenvalue weighted by molar-refractivity contribution is -0.136. The highest BCUT2D eigenvalue weighted by Crippen LogP contribution is 2.21. The number of hydrogen-bond acceptors (Lipinski definition) is 6. The maximum atomic E-state index is 12.0. The van der Waals surface area contributed by atoms with Crippen molar-refractivity contribution in [1.82, 2.24) is 15.0 Å². The minimum absolute atomic E-state index is 0.0156. The molecule has 0 radical (unpaired) electrons. The van der Waals surface area contributed by atoms with Gasteiger partial charge >= 0.3 is 12.2 Å². The Hall–Kier alpha value is -1.80. The molecule has 0 saturated heterocycles. The van der Waals surface area contributed by atoms with Gasteiger partial charge in [0, 0.05) is 27.1 Å². The molecule has 0 aliphatic carbocycles. The number of anilines is 2. The first-order chi connectivity index (χ1) is 9.31. The van der Waals surface area contributed by atoms with Crippen LogP contribution in [-0.2, 0) is 0 Å². The fraction of sp³-hybridized carbons (Fsp3) is 0.727. The second kappa shape index (κ2) is 7.11. The molecule has 20 heavy (non-hydrogen) atoms. The Balaban J connectivity index is 2.64. The van der Waals surface area contributed by atoms with E-state index in [9.17, 15) is 13.2 Å². The summed E-state index contributed by atoms with van der Waals surface area (Å²) >= 11 is 0. The molecule has 0 spiro atoms. The van der Waals surface area contributed by atoms with E-state index < -0.39 is 12.6 Å². The highest BCUT2D eigenvalue weighted by molar-refractivity contribution is 5.36. The van der Waals surface area contributed by atoms with Crippen LogP contribution < -0.4 is 15.0 Å². The van der Waals surface area contributed by atoms with Gasteiger partial charge in [0.05, 0.1) is 6.61 Å². The number of nitrogens with one attached hydrogen (secondary N) is 1. The normalized spacial score (nSPS) is 11.3. The third-order valence-corrected chi connectivity index (χ3v) is 2.17. The minimum Gasteiger partial charge on any atom is -0.463 e. The summed E-state index contributed by atoms with van der Waals surface area (Å²) in [4.78, 5) is 13.8. The molecule has 114 valence electrons. The van der Waals surface area contributed by atoms with Gasteiger partial charge in [0.1, 0.15) is 0 Å². The second-order valence-electron chi connectivity index (χ2n) is 4.23. The monoisotopic (exact) mass is 293 g/mol. The predicted octanol–water partition coefficient (Wildman–Crippen LogP) is 2.09. The van der Waals surface area contributed by atoms with Crippen LogP contribution >= 0.6 is 0 Å². The van der Waals surface area contributed by atoms with Crippen molar-refractivity contribution in [2.24, 2.45) is 0 Å². The number of ether oxygens (including phenoxy) is 1. The number of rotatable bonds is 7. The Morgan fingerprint density at radius 2 is 1.90 bits per heavy atom. The number of aromatic nitrogens is 3. The van der Waals surface area contributed by atoms with E-state index in [1.54, 1.807) is 19.0 Å². The predicted molar refractivity (Wildman–Crippen MR) is 69.1 cm³/mol. The van der Waals surface area contributed by atoms with Gasteiger partial charge in [-0.05, 0) is 13.3 Å². The first-order valence-electron chi connectivity index (χ1n) is 6.18. The average molecular weight is 293 g/mol. The van der Waals surface area contributed by atoms with Crippen molar-refractivity contribution in [1.29, 1.82) is 0 Å². The van der Waals surface area contributed by atoms with Crippen LogP contribution in [0.5, 0.6) is 6.01 Å². The van der Waals surface area contributed by atoms with Gasteiger partial charge in [-0.25, -0.2) is 0 Å². The molecule has 0 bridgehead atoms. The summed E-state index contributed by atoms with van der Waals surface area (Å²) in [6.07, 6.45) is -5.20. The van der Waals surface area contributed by atoms with Crippen LogP contribution in [0.2, 0.25) is 0 Å². The second-order valence-corrected chi connectivity index (χ2v) is 4.23. The van der Waals surface area contributed by atoms with E-state index in [1.807, 2.05) is 6.92 Å². The van der Waals surface area contributed by atoms with Crippen LogP contribution in [0, 0.1) is 0 Å². The number of halogens is 3. The Kier molecular flexibility index (Phi) is 5.78. The molecule has 1 aromatic heterocycles. The molecule has 0 aromatic carbocycles. The van der Waals surface area contributed by atoms with E-state index in [0.29, 0.717) is 18.4 Å². The smallest absolute Gasteiger partial charge is 0.389 e. The van der Waals surface area contributed by atoms with Crippen molar-refractivity contribution in [3.63, 3.8) is 0 Å². The van der Waals surface area contributed by atoms with Gasteiger partial charge in [-0.15, -0.1) is 0 Å². The molecule has 1 N–H and O–H groups in total. The quantitative estimate of drug-likeness (QED) is 0.777. The maximum Gasteiger partial charge on any atom is 0.389 e. The third kappa shape index (κ3) is 5.89. The van der Waals surface area contributed by atoms with Crippen LogP contribution in [0.4, 0.5) is 25.1 Å². The first-order valence-corrected chi connectivity index (χ1v) is 6.18. The maximum absolute atomic E-state index is 12.0. The molecule has 0 fully saturated rings. The van der Waals surface area contributed by atoms with E-state index >= 15 is 0 Å².